The highest BCUT2D eigenvalue weighted by Crippen LogP contribution is 2.28. The van der Waals surface area contributed by atoms with Crippen molar-refractivity contribution >= 4 is 16.0 Å². The summed E-state index contributed by atoms with van der Waals surface area (Å²) in [5.41, 5.74) is -5.24. The van der Waals surface area contributed by atoms with Crippen LogP contribution >= 0.6 is 0 Å². The Hall–Kier alpha value is -1.29. The van der Waals surface area contributed by atoms with Gasteiger partial charge in [0.15, 0.2) is 5.96 Å². The van der Waals surface area contributed by atoms with Gasteiger partial charge in [-0.3, -0.25) is 4.99 Å². The lowest BCUT2D eigenvalue weighted by atomic mass is 10.1. The molecule has 0 bridgehead atoms. The van der Waals surface area contributed by atoms with E-state index < -0.39 is 15.5 Å². The van der Waals surface area contributed by atoms with Crippen molar-refractivity contribution in [2.75, 3.05) is 26.7 Å². The van der Waals surface area contributed by atoms with Crippen molar-refractivity contribution in [1.29, 1.82) is 0 Å². The molecule has 21 heavy (non-hydrogen) atoms. The topological polar surface area (TPSA) is 73.8 Å². The third-order valence-corrected chi connectivity index (χ3v) is 4.69. The lowest BCUT2D eigenvalue weighted by Gasteiger charge is -2.32. The molecule has 0 amide bonds. The fraction of sp³-hybridized carbons (Fsp3) is 0.727. The molecular weight excluding hydrogens is 309 g/mol. The molecule has 0 spiro atoms. The fourth-order valence-corrected chi connectivity index (χ4v) is 2.93. The lowest BCUT2D eigenvalue weighted by Crippen LogP contribution is -2.51. The molecule has 0 radical (unpaired) electrons. The van der Waals surface area contributed by atoms with E-state index in [-0.39, 0.29) is 32.0 Å². The molecule has 10 heteroatoms. The maximum atomic E-state index is 12.4. The van der Waals surface area contributed by atoms with Crippen LogP contribution in [0, 0.1) is 0 Å². The monoisotopic (exact) mass is 328 g/mol. The van der Waals surface area contributed by atoms with Crippen molar-refractivity contribution in [3.05, 3.63) is 12.7 Å². The van der Waals surface area contributed by atoms with E-state index >= 15 is 0 Å². The quantitative estimate of drug-likeness (QED) is 0.451. The van der Waals surface area contributed by atoms with E-state index in [2.05, 4.69) is 22.2 Å². The number of nitrogens with one attached hydrogen (secondary N) is 2. The Balaban J connectivity index is 2.55. The normalized spacial score (nSPS) is 19.3. The van der Waals surface area contributed by atoms with Crippen molar-refractivity contribution in [1.82, 2.24) is 14.9 Å². The van der Waals surface area contributed by atoms with Crippen molar-refractivity contribution in [2.45, 2.75) is 24.4 Å². The molecule has 0 aromatic rings. The molecular formula is C11H19F3N4O2S. The highest BCUT2D eigenvalue weighted by Gasteiger charge is 2.50. The Morgan fingerprint density at radius 3 is 2.43 bits per heavy atom. The summed E-state index contributed by atoms with van der Waals surface area (Å²) < 4.78 is 60.3. The average molecular weight is 328 g/mol. The van der Waals surface area contributed by atoms with E-state index in [0.717, 1.165) is 0 Å². The Morgan fingerprint density at radius 1 is 1.43 bits per heavy atom. The van der Waals surface area contributed by atoms with E-state index in [1.165, 1.54) is 0 Å². The maximum absolute atomic E-state index is 12.4. The van der Waals surface area contributed by atoms with Gasteiger partial charge >= 0.3 is 15.5 Å². The number of halogens is 3. The van der Waals surface area contributed by atoms with Crippen LogP contribution in [0.15, 0.2) is 17.6 Å². The van der Waals surface area contributed by atoms with Crippen LogP contribution in [0.3, 0.4) is 0 Å². The number of sulfonamides is 1. The van der Waals surface area contributed by atoms with Crippen LogP contribution in [0.4, 0.5) is 13.2 Å². The van der Waals surface area contributed by atoms with E-state index in [1.54, 1.807) is 13.1 Å². The zero-order chi connectivity index (χ0) is 16.1. The van der Waals surface area contributed by atoms with Crippen LogP contribution in [-0.2, 0) is 10.0 Å². The zero-order valence-electron chi connectivity index (χ0n) is 11.7. The summed E-state index contributed by atoms with van der Waals surface area (Å²) in [5, 5.41) is 5.98. The van der Waals surface area contributed by atoms with Gasteiger partial charge in [0, 0.05) is 32.7 Å². The van der Waals surface area contributed by atoms with Crippen LogP contribution in [-0.4, -0.2) is 56.9 Å². The van der Waals surface area contributed by atoms with Crippen molar-refractivity contribution in [3.8, 4) is 0 Å². The molecule has 122 valence electrons. The van der Waals surface area contributed by atoms with Gasteiger partial charge in [-0.05, 0) is 12.8 Å². The molecule has 1 fully saturated rings. The lowest BCUT2D eigenvalue weighted by molar-refractivity contribution is -0.0494. The van der Waals surface area contributed by atoms with Crippen molar-refractivity contribution in [2.24, 2.45) is 4.99 Å². The first-order chi connectivity index (χ1) is 9.72. The number of piperidine rings is 1. The molecule has 1 aliphatic rings. The molecule has 6 nitrogen and oxygen atoms in total. The van der Waals surface area contributed by atoms with Crippen LogP contribution in [0.1, 0.15) is 12.8 Å². The number of rotatable bonds is 4. The highest BCUT2D eigenvalue weighted by molar-refractivity contribution is 7.90. The Morgan fingerprint density at radius 2 is 2.00 bits per heavy atom. The second-order valence-electron chi connectivity index (χ2n) is 4.51. The number of hydrogen-bond donors (Lipinski definition) is 2. The van der Waals surface area contributed by atoms with Gasteiger partial charge < -0.3 is 10.6 Å². The first-order valence-corrected chi connectivity index (χ1v) is 7.81. The molecule has 1 aliphatic heterocycles. The SMILES string of the molecule is C=CCNC(=NC)NC1CCN(S(=O)(=O)C(F)(F)F)CC1. The first kappa shape index (κ1) is 17.8. The van der Waals surface area contributed by atoms with E-state index in [1.807, 2.05) is 0 Å². The highest BCUT2D eigenvalue weighted by atomic mass is 32.2. The maximum Gasteiger partial charge on any atom is 0.511 e. The molecule has 1 saturated heterocycles. The van der Waals surface area contributed by atoms with Crippen LogP contribution in [0.2, 0.25) is 0 Å². The van der Waals surface area contributed by atoms with E-state index in [4.69, 9.17) is 0 Å². The van der Waals surface area contributed by atoms with Crippen LogP contribution in [0.25, 0.3) is 0 Å². The minimum atomic E-state index is -5.24. The molecule has 0 unspecified atom stereocenters. The predicted molar refractivity (Wildman–Crippen MR) is 74.3 cm³/mol. The summed E-state index contributed by atoms with van der Waals surface area (Å²) in [6.07, 6.45) is 2.21. The third kappa shape index (κ3) is 4.60. The van der Waals surface area contributed by atoms with Gasteiger partial charge in [0.1, 0.15) is 0 Å². The summed E-state index contributed by atoms with van der Waals surface area (Å²) in [4.78, 5) is 3.96. The van der Waals surface area contributed by atoms with Gasteiger partial charge in [0.25, 0.3) is 0 Å². The number of aliphatic imine (C=N–C) groups is 1. The number of hydrogen-bond acceptors (Lipinski definition) is 3. The zero-order valence-corrected chi connectivity index (χ0v) is 12.5. The Kier molecular flexibility index (Phi) is 6.02. The average Bonchev–Trinajstić information content (AvgIpc) is 2.42. The summed E-state index contributed by atoms with van der Waals surface area (Å²) in [7, 11) is -3.65. The molecule has 0 aromatic heterocycles. The van der Waals surface area contributed by atoms with Crippen molar-refractivity contribution < 1.29 is 21.6 Å². The second kappa shape index (κ2) is 7.12. The summed E-state index contributed by atoms with van der Waals surface area (Å²) >= 11 is 0. The molecule has 1 heterocycles. The van der Waals surface area contributed by atoms with Crippen molar-refractivity contribution in [3.63, 3.8) is 0 Å². The summed E-state index contributed by atoms with van der Waals surface area (Å²) in [5.74, 6) is 0.507. The molecule has 0 saturated carbocycles. The van der Waals surface area contributed by atoms with Gasteiger partial charge in [-0.15, -0.1) is 6.58 Å². The summed E-state index contributed by atoms with van der Waals surface area (Å²) in [6, 6.07) is -0.124. The van der Waals surface area contributed by atoms with Crippen LogP contribution in [0.5, 0.6) is 0 Å². The number of alkyl halides is 3. The number of nitrogens with zero attached hydrogens (tertiary/aromatic N) is 2. The molecule has 2 N–H and O–H groups in total. The predicted octanol–water partition coefficient (Wildman–Crippen LogP) is 0.651. The smallest absolute Gasteiger partial charge is 0.354 e. The molecule has 0 aromatic carbocycles. The largest absolute Gasteiger partial charge is 0.511 e. The standard InChI is InChI=1S/C11H19F3N4O2S/c1-3-6-16-10(15-2)17-9-4-7-18(8-5-9)21(19,20)11(12,13)14/h3,9H,1,4-8H2,2H3,(H2,15,16,17). The van der Waals surface area contributed by atoms with Gasteiger partial charge in [-0.1, -0.05) is 6.08 Å². The van der Waals surface area contributed by atoms with Gasteiger partial charge in [-0.2, -0.15) is 17.5 Å². The third-order valence-electron chi connectivity index (χ3n) is 3.06. The van der Waals surface area contributed by atoms with Gasteiger partial charge in [0.2, 0.25) is 0 Å². The van der Waals surface area contributed by atoms with Gasteiger partial charge in [0.05, 0.1) is 0 Å². The number of guanidine groups is 1. The molecule has 0 atom stereocenters. The van der Waals surface area contributed by atoms with Gasteiger partial charge in [-0.25, -0.2) is 8.42 Å². The first-order valence-electron chi connectivity index (χ1n) is 6.37. The Bertz CT molecular complexity index is 482. The van der Waals surface area contributed by atoms with Crippen LogP contribution < -0.4 is 10.6 Å². The molecule has 0 aliphatic carbocycles. The fourth-order valence-electron chi connectivity index (χ4n) is 1.94. The second-order valence-corrected chi connectivity index (χ2v) is 6.44. The Labute approximate surface area is 122 Å². The summed E-state index contributed by atoms with van der Waals surface area (Å²) in [6.45, 7) is 3.71. The minimum absolute atomic E-state index is 0.124. The van der Waals surface area contributed by atoms with E-state index in [0.29, 0.717) is 16.8 Å². The minimum Gasteiger partial charge on any atom is -0.354 e. The van der Waals surface area contributed by atoms with E-state index in [9.17, 15) is 21.6 Å². The molecule has 1 rings (SSSR count).